The van der Waals surface area contributed by atoms with E-state index in [-0.39, 0.29) is 18.0 Å². The average Bonchev–Trinajstić information content (AvgIpc) is 3.83. The van der Waals surface area contributed by atoms with Crippen molar-refractivity contribution in [3.63, 3.8) is 0 Å². The van der Waals surface area contributed by atoms with E-state index in [0.717, 1.165) is 72.3 Å². The Morgan fingerprint density at radius 3 is 2.50 bits per heavy atom. The molecule has 0 radical (unpaired) electrons. The number of nitrogens with one attached hydrogen (secondary N) is 1. The molecule has 0 bridgehead atoms. The summed E-state index contributed by atoms with van der Waals surface area (Å²) >= 11 is 0. The van der Waals surface area contributed by atoms with Crippen LogP contribution in [0.25, 0.3) is 22.4 Å². The third-order valence-corrected chi connectivity index (χ3v) is 8.62. The molecule has 0 spiro atoms. The highest BCUT2D eigenvalue weighted by atomic mass is 16.4. The van der Waals surface area contributed by atoms with Crippen LogP contribution >= 0.6 is 0 Å². The van der Waals surface area contributed by atoms with Gasteiger partial charge in [0.25, 0.3) is 0 Å². The van der Waals surface area contributed by atoms with Gasteiger partial charge >= 0.3 is 0 Å². The van der Waals surface area contributed by atoms with Crippen LogP contribution in [0.1, 0.15) is 60.6 Å². The number of rotatable bonds is 8. The Balaban J connectivity index is 1.07. The molecule has 4 heterocycles. The molecule has 2 aliphatic rings. The van der Waals surface area contributed by atoms with Gasteiger partial charge in [-0.15, -0.1) is 0 Å². The molecule has 8 heteroatoms. The predicted octanol–water partition coefficient (Wildman–Crippen LogP) is 5.82. The van der Waals surface area contributed by atoms with Gasteiger partial charge in [0.05, 0.1) is 35.7 Å². The summed E-state index contributed by atoms with van der Waals surface area (Å²) in [6.45, 7) is 1.56. The van der Waals surface area contributed by atoms with Crippen molar-refractivity contribution in [2.75, 3.05) is 13.1 Å². The van der Waals surface area contributed by atoms with Crippen LogP contribution in [0.3, 0.4) is 0 Å². The highest BCUT2D eigenvalue weighted by Crippen LogP contribution is 2.36. The zero-order valence-corrected chi connectivity index (χ0v) is 23.5. The molecule has 2 aliphatic heterocycles. The van der Waals surface area contributed by atoms with E-state index < -0.39 is 6.23 Å². The van der Waals surface area contributed by atoms with Crippen molar-refractivity contribution < 1.29 is 14.3 Å². The first kappa shape index (κ1) is 26.6. The third-order valence-electron chi connectivity index (χ3n) is 8.62. The van der Waals surface area contributed by atoms with Gasteiger partial charge in [-0.05, 0) is 55.0 Å². The Hall–Kier alpha value is -4.27. The number of aromatic nitrogens is 3. The lowest BCUT2D eigenvalue weighted by molar-refractivity contribution is -0.131. The lowest BCUT2D eigenvalue weighted by atomic mass is 10.1. The summed E-state index contributed by atoms with van der Waals surface area (Å²) in [5.41, 5.74) is 4.82. The number of fused-ring (bicyclic) bond motifs is 1. The number of carbonyl (C=O) groups excluding carboxylic acids is 1. The van der Waals surface area contributed by atoms with Gasteiger partial charge in [-0.2, -0.15) is 0 Å². The molecular weight excluding hydrogens is 526 g/mol. The fourth-order valence-electron chi connectivity index (χ4n) is 6.49. The average molecular weight is 562 g/mol. The van der Waals surface area contributed by atoms with Gasteiger partial charge in [0.1, 0.15) is 12.1 Å². The molecule has 3 atom stereocenters. The largest absolute Gasteiger partial charge is 0.439 e. The second-order valence-electron chi connectivity index (χ2n) is 11.4. The summed E-state index contributed by atoms with van der Waals surface area (Å²) in [4.78, 5) is 30.2. The SMILES string of the molecule is O=C(Cc1ccccc1)N1CCCC1c1nc2ccc(-c3cnc(C4CCCN4C(O)Cc4ccccc4)o3)cc2[nH]1. The zero-order valence-electron chi connectivity index (χ0n) is 23.5. The lowest BCUT2D eigenvalue weighted by Crippen LogP contribution is -2.36. The molecule has 0 saturated carbocycles. The van der Waals surface area contributed by atoms with E-state index in [1.807, 2.05) is 83.8 Å². The number of imidazole rings is 1. The maximum absolute atomic E-state index is 13.2. The van der Waals surface area contributed by atoms with Crippen molar-refractivity contribution in [1.82, 2.24) is 24.8 Å². The first-order chi connectivity index (χ1) is 20.6. The standard InChI is InChI=1S/C34H35N5O3/c40-31(19-23-9-3-1-4-10-23)38-17-7-13-28(38)33-36-26-16-15-25(21-27(26)37-33)30-22-35-34(42-30)29-14-8-18-39(29)32(41)20-24-11-5-2-6-12-24/h1-6,9-12,15-16,21-22,28-29,32,41H,7-8,13-14,17-20H2,(H,36,37). The third kappa shape index (κ3) is 5.35. The number of aromatic amines is 1. The van der Waals surface area contributed by atoms with Crippen LogP contribution in [-0.2, 0) is 17.6 Å². The Morgan fingerprint density at radius 2 is 1.69 bits per heavy atom. The van der Waals surface area contributed by atoms with E-state index in [4.69, 9.17) is 9.40 Å². The Kier molecular flexibility index (Phi) is 7.32. The highest BCUT2D eigenvalue weighted by molar-refractivity contribution is 5.82. The molecule has 42 heavy (non-hydrogen) atoms. The van der Waals surface area contributed by atoms with Gasteiger partial charge in [0.2, 0.25) is 11.8 Å². The van der Waals surface area contributed by atoms with Crippen molar-refractivity contribution in [1.29, 1.82) is 0 Å². The number of hydrogen-bond acceptors (Lipinski definition) is 6. The van der Waals surface area contributed by atoms with Crippen LogP contribution in [0, 0.1) is 0 Å². The van der Waals surface area contributed by atoms with Crippen LogP contribution in [0.2, 0.25) is 0 Å². The fraction of sp³-hybridized carbons (Fsp3) is 0.324. The van der Waals surface area contributed by atoms with E-state index in [1.54, 1.807) is 6.20 Å². The van der Waals surface area contributed by atoms with Crippen LogP contribution in [0.5, 0.6) is 0 Å². The summed E-state index contributed by atoms with van der Waals surface area (Å²) in [5, 5.41) is 11.0. The van der Waals surface area contributed by atoms with Gasteiger partial charge in [0, 0.05) is 25.1 Å². The predicted molar refractivity (Wildman–Crippen MR) is 160 cm³/mol. The Labute approximate surface area is 245 Å². The van der Waals surface area contributed by atoms with E-state index in [2.05, 4.69) is 14.9 Å². The lowest BCUT2D eigenvalue weighted by Gasteiger charge is -2.27. The molecule has 8 nitrogen and oxygen atoms in total. The smallest absolute Gasteiger partial charge is 0.227 e. The molecule has 1 amide bonds. The quantitative estimate of drug-likeness (QED) is 0.248. The Bertz CT molecular complexity index is 1660. The molecule has 2 aromatic heterocycles. The minimum atomic E-state index is -0.593. The molecule has 2 saturated heterocycles. The zero-order chi connectivity index (χ0) is 28.5. The van der Waals surface area contributed by atoms with Crippen LogP contribution in [0.15, 0.2) is 89.5 Å². The summed E-state index contributed by atoms with van der Waals surface area (Å²) in [7, 11) is 0. The number of nitrogens with zero attached hydrogens (tertiary/aromatic N) is 4. The number of amides is 1. The number of likely N-dealkylation sites (tertiary alicyclic amines) is 2. The molecule has 5 aromatic rings. The number of oxazole rings is 1. The summed E-state index contributed by atoms with van der Waals surface area (Å²) < 4.78 is 6.29. The maximum atomic E-state index is 13.2. The summed E-state index contributed by atoms with van der Waals surface area (Å²) in [6.07, 6.45) is 5.90. The number of hydrogen-bond donors (Lipinski definition) is 2. The Morgan fingerprint density at radius 1 is 0.952 bits per heavy atom. The molecule has 2 N–H and O–H groups in total. The second kappa shape index (κ2) is 11.5. The number of H-pyrrole nitrogens is 1. The molecular formula is C34H35N5O3. The van der Waals surface area contributed by atoms with Crippen molar-refractivity contribution >= 4 is 16.9 Å². The van der Waals surface area contributed by atoms with Crippen molar-refractivity contribution in [3.05, 3.63) is 108 Å². The normalized spacial score (nSPS) is 20.0. The summed E-state index contributed by atoms with van der Waals surface area (Å²) in [6, 6.07) is 25.9. The molecule has 3 aromatic carbocycles. The maximum Gasteiger partial charge on any atom is 0.227 e. The van der Waals surface area contributed by atoms with Gasteiger partial charge in [0.15, 0.2) is 5.76 Å². The van der Waals surface area contributed by atoms with Crippen LogP contribution < -0.4 is 0 Å². The molecule has 3 unspecified atom stereocenters. The first-order valence-electron chi connectivity index (χ1n) is 14.9. The number of aliphatic hydroxyl groups is 1. The number of benzene rings is 3. The molecule has 214 valence electrons. The van der Waals surface area contributed by atoms with Gasteiger partial charge < -0.3 is 19.4 Å². The molecule has 2 fully saturated rings. The van der Waals surface area contributed by atoms with Crippen molar-refractivity contribution in [2.45, 2.75) is 56.8 Å². The monoisotopic (exact) mass is 561 g/mol. The van der Waals surface area contributed by atoms with Gasteiger partial charge in [-0.25, -0.2) is 9.97 Å². The summed E-state index contributed by atoms with van der Waals surface area (Å²) in [5.74, 6) is 2.29. The second-order valence-corrected chi connectivity index (χ2v) is 11.4. The van der Waals surface area contributed by atoms with Gasteiger partial charge in [-0.3, -0.25) is 9.69 Å². The van der Waals surface area contributed by atoms with Crippen LogP contribution in [0.4, 0.5) is 0 Å². The van der Waals surface area contributed by atoms with Crippen LogP contribution in [-0.4, -0.2) is 55.1 Å². The van der Waals surface area contributed by atoms with Gasteiger partial charge in [-0.1, -0.05) is 60.7 Å². The topological polar surface area (TPSA) is 98.5 Å². The van der Waals surface area contributed by atoms with E-state index in [0.29, 0.717) is 24.5 Å². The van der Waals surface area contributed by atoms with Crippen molar-refractivity contribution in [2.24, 2.45) is 0 Å². The number of carbonyl (C=O) groups is 1. The van der Waals surface area contributed by atoms with E-state index in [9.17, 15) is 9.90 Å². The number of aliphatic hydroxyl groups excluding tert-OH is 1. The van der Waals surface area contributed by atoms with E-state index in [1.165, 1.54) is 0 Å². The molecule has 7 rings (SSSR count). The fourth-order valence-corrected chi connectivity index (χ4v) is 6.49. The first-order valence-corrected chi connectivity index (χ1v) is 14.9. The minimum Gasteiger partial charge on any atom is -0.439 e. The van der Waals surface area contributed by atoms with Crippen molar-refractivity contribution in [3.8, 4) is 11.3 Å². The minimum absolute atomic E-state index is 0.0513. The van der Waals surface area contributed by atoms with E-state index >= 15 is 0 Å². The highest BCUT2D eigenvalue weighted by Gasteiger charge is 2.35. The molecule has 0 aliphatic carbocycles.